The molecule has 0 heterocycles. The normalized spacial score (nSPS) is 18.9. The molecular formula is C26H30N2O5. The number of carboxylic acids is 1. The van der Waals surface area contributed by atoms with E-state index in [1.165, 1.54) is 4.90 Å². The number of carboxylic acid groups (broad SMARTS) is 1. The van der Waals surface area contributed by atoms with E-state index in [1.54, 1.807) is 0 Å². The summed E-state index contributed by atoms with van der Waals surface area (Å²) < 4.78 is 5.63. The van der Waals surface area contributed by atoms with Crippen LogP contribution in [0.4, 0.5) is 4.79 Å². The summed E-state index contributed by atoms with van der Waals surface area (Å²) >= 11 is 0. The number of fused-ring (bicyclic) bond motifs is 3. The van der Waals surface area contributed by atoms with Crippen LogP contribution in [0.5, 0.6) is 0 Å². The summed E-state index contributed by atoms with van der Waals surface area (Å²) in [5, 5.41) is 12.0. The summed E-state index contributed by atoms with van der Waals surface area (Å²) in [4.78, 5) is 38.2. The number of carbonyl (C=O) groups excluding carboxylic acids is 2. The highest BCUT2D eigenvalue weighted by atomic mass is 16.5. The maximum atomic E-state index is 13.0. The van der Waals surface area contributed by atoms with Crippen molar-refractivity contribution < 1.29 is 24.2 Å². The molecule has 0 aliphatic heterocycles. The third-order valence-electron chi connectivity index (χ3n) is 6.61. The lowest BCUT2D eigenvalue weighted by Gasteiger charge is -2.27. The fourth-order valence-electron chi connectivity index (χ4n) is 5.15. The number of amides is 2. The highest BCUT2D eigenvalue weighted by Crippen LogP contribution is 2.44. The van der Waals surface area contributed by atoms with Gasteiger partial charge in [0.15, 0.2) is 0 Å². The first kappa shape index (κ1) is 22.8. The van der Waals surface area contributed by atoms with Crippen molar-refractivity contribution in [2.45, 2.75) is 44.6 Å². The second-order valence-corrected chi connectivity index (χ2v) is 8.77. The van der Waals surface area contributed by atoms with Gasteiger partial charge in [0.2, 0.25) is 5.91 Å². The fraction of sp³-hybridized carbons (Fsp3) is 0.423. The molecule has 2 N–H and O–H groups in total. The smallest absolute Gasteiger partial charge is 0.407 e. The summed E-state index contributed by atoms with van der Waals surface area (Å²) in [6.45, 7) is 2.19. The van der Waals surface area contributed by atoms with Gasteiger partial charge in [-0.3, -0.25) is 9.59 Å². The van der Waals surface area contributed by atoms with Gasteiger partial charge in [-0.2, -0.15) is 0 Å². The Morgan fingerprint density at radius 3 is 2.27 bits per heavy atom. The van der Waals surface area contributed by atoms with E-state index in [0.717, 1.165) is 28.7 Å². The summed E-state index contributed by atoms with van der Waals surface area (Å²) in [7, 11) is 0. The average Bonchev–Trinajstić information content (AvgIpc) is 3.39. The Morgan fingerprint density at radius 2 is 1.67 bits per heavy atom. The molecule has 0 aromatic heterocycles. The van der Waals surface area contributed by atoms with Gasteiger partial charge in [-0.15, -0.1) is 0 Å². The molecule has 1 fully saturated rings. The molecule has 2 aromatic rings. The lowest BCUT2D eigenvalue weighted by atomic mass is 9.98. The highest BCUT2D eigenvalue weighted by Gasteiger charge is 2.37. The zero-order valence-electron chi connectivity index (χ0n) is 18.8. The van der Waals surface area contributed by atoms with Crippen LogP contribution < -0.4 is 5.32 Å². The van der Waals surface area contributed by atoms with Crippen molar-refractivity contribution in [3.8, 4) is 11.1 Å². The Bertz CT molecular complexity index is 991. The fourth-order valence-corrected chi connectivity index (χ4v) is 5.15. The molecule has 2 aromatic carbocycles. The van der Waals surface area contributed by atoms with Crippen LogP contribution in [-0.2, 0) is 14.3 Å². The first-order valence-corrected chi connectivity index (χ1v) is 11.6. The number of rotatable bonds is 8. The minimum Gasteiger partial charge on any atom is -0.480 e. The lowest BCUT2D eigenvalue weighted by molar-refractivity contribution is -0.146. The average molecular weight is 451 g/mol. The molecule has 2 amide bonds. The predicted molar refractivity (Wildman–Crippen MR) is 124 cm³/mol. The van der Waals surface area contributed by atoms with Crippen LogP contribution in [0.25, 0.3) is 11.1 Å². The maximum absolute atomic E-state index is 13.0. The van der Waals surface area contributed by atoms with E-state index < -0.39 is 18.0 Å². The second-order valence-electron chi connectivity index (χ2n) is 8.77. The number of hydrogen-bond donors (Lipinski definition) is 2. The molecular weight excluding hydrogens is 420 g/mol. The van der Waals surface area contributed by atoms with Gasteiger partial charge in [0.1, 0.15) is 13.2 Å². The molecule has 0 saturated heterocycles. The Balaban J connectivity index is 1.39. The second kappa shape index (κ2) is 10.1. The van der Waals surface area contributed by atoms with E-state index in [0.29, 0.717) is 25.8 Å². The van der Waals surface area contributed by atoms with E-state index in [9.17, 15) is 14.4 Å². The highest BCUT2D eigenvalue weighted by molar-refractivity contribution is 5.84. The number of nitrogens with zero attached hydrogens (tertiary/aromatic N) is 1. The molecule has 1 saturated carbocycles. The van der Waals surface area contributed by atoms with Gasteiger partial charge in [-0.05, 0) is 41.5 Å². The van der Waals surface area contributed by atoms with E-state index in [-0.39, 0.29) is 31.0 Å². The third kappa shape index (κ3) is 4.87. The van der Waals surface area contributed by atoms with Crippen molar-refractivity contribution in [3.05, 3.63) is 59.7 Å². The Labute approximate surface area is 193 Å². The van der Waals surface area contributed by atoms with Crippen molar-refractivity contribution in [3.63, 3.8) is 0 Å². The molecule has 4 rings (SSSR count). The van der Waals surface area contributed by atoms with E-state index in [2.05, 4.69) is 29.6 Å². The van der Waals surface area contributed by atoms with Gasteiger partial charge in [0.25, 0.3) is 0 Å². The van der Waals surface area contributed by atoms with Gasteiger partial charge in [-0.1, -0.05) is 61.9 Å². The SMILES string of the molecule is CCCN(CC(=O)O)C(=O)[C@@H]1CCC[C@@H]1NC(=O)OCC1c2ccccc2-c2ccccc21. The van der Waals surface area contributed by atoms with Crippen LogP contribution in [-0.4, -0.2) is 53.7 Å². The number of aliphatic carboxylic acids is 1. The Hall–Kier alpha value is -3.35. The van der Waals surface area contributed by atoms with Gasteiger partial charge in [0, 0.05) is 18.5 Å². The number of ether oxygens (including phenoxy) is 1. The summed E-state index contributed by atoms with van der Waals surface area (Å²) in [5.74, 6) is -1.69. The predicted octanol–water partition coefficient (Wildman–Crippen LogP) is 4.02. The standard InChI is InChI=1S/C26H30N2O5/c1-2-14-28(15-24(29)30)25(31)21-12-7-13-23(21)27-26(32)33-16-22-19-10-5-3-8-17(19)18-9-4-6-11-20(18)22/h3-6,8-11,21-23H,2,7,12-16H2,1H3,(H,27,32)(H,29,30)/t21-,23+/m1/s1. The van der Waals surface area contributed by atoms with Crippen LogP contribution >= 0.6 is 0 Å². The van der Waals surface area contributed by atoms with Gasteiger partial charge in [0.05, 0.1) is 5.92 Å². The van der Waals surface area contributed by atoms with Crippen molar-refractivity contribution in [2.75, 3.05) is 19.7 Å². The topological polar surface area (TPSA) is 95.9 Å². The van der Waals surface area contributed by atoms with Crippen LogP contribution in [0.15, 0.2) is 48.5 Å². The molecule has 0 bridgehead atoms. The van der Waals surface area contributed by atoms with Gasteiger partial charge < -0.3 is 20.1 Å². The molecule has 2 aliphatic carbocycles. The molecule has 33 heavy (non-hydrogen) atoms. The quantitative estimate of drug-likeness (QED) is 0.633. The molecule has 0 spiro atoms. The van der Waals surface area contributed by atoms with Crippen molar-refractivity contribution in [1.29, 1.82) is 0 Å². The van der Waals surface area contributed by atoms with E-state index >= 15 is 0 Å². The Morgan fingerprint density at radius 1 is 1.03 bits per heavy atom. The van der Waals surface area contributed by atoms with Crippen LogP contribution in [0.3, 0.4) is 0 Å². The molecule has 0 radical (unpaired) electrons. The van der Waals surface area contributed by atoms with Gasteiger partial charge >= 0.3 is 12.1 Å². The minimum absolute atomic E-state index is 0.0280. The summed E-state index contributed by atoms with van der Waals surface area (Å²) in [6.07, 6.45) is 2.25. The first-order chi connectivity index (χ1) is 16.0. The first-order valence-electron chi connectivity index (χ1n) is 11.6. The van der Waals surface area contributed by atoms with Gasteiger partial charge in [-0.25, -0.2) is 4.79 Å². The maximum Gasteiger partial charge on any atom is 0.407 e. The summed E-state index contributed by atoms with van der Waals surface area (Å²) in [5.41, 5.74) is 4.62. The summed E-state index contributed by atoms with van der Waals surface area (Å²) in [6, 6.07) is 16.0. The number of hydrogen-bond acceptors (Lipinski definition) is 4. The number of alkyl carbamates (subject to hydrolysis) is 1. The molecule has 2 atom stereocenters. The monoisotopic (exact) mass is 450 g/mol. The van der Waals surface area contributed by atoms with Crippen LogP contribution in [0, 0.1) is 5.92 Å². The lowest BCUT2D eigenvalue weighted by Crippen LogP contribution is -2.47. The zero-order chi connectivity index (χ0) is 23.4. The third-order valence-corrected chi connectivity index (χ3v) is 6.61. The number of nitrogens with one attached hydrogen (secondary N) is 1. The molecule has 7 heteroatoms. The zero-order valence-corrected chi connectivity index (χ0v) is 18.8. The number of benzene rings is 2. The Kier molecular flexibility index (Phi) is 6.96. The molecule has 7 nitrogen and oxygen atoms in total. The molecule has 174 valence electrons. The van der Waals surface area contributed by atoms with Crippen molar-refractivity contribution in [2.24, 2.45) is 5.92 Å². The van der Waals surface area contributed by atoms with Crippen molar-refractivity contribution in [1.82, 2.24) is 10.2 Å². The van der Waals surface area contributed by atoms with Crippen LogP contribution in [0.2, 0.25) is 0 Å². The molecule has 0 unspecified atom stereocenters. The number of carbonyl (C=O) groups is 3. The largest absolute Gasteiger partial charge is 0.480 e. The van der Waals surface area contributed by atoms with Crippen molar-refractivity contribution >= 4 is 18.0 Å². The van der Waals surface area contributed by atoms with E-state index in [4.69, 9.17) is 9.84 Å². The van der Waals surface area contributed by atoms with Crippen LogP contribution in [0.1, 0.15) is 49.7 Å². The molecule has 2 aliphatic rings. The van der Waals surface area contributed by atoms with E-state index in [1.807, 2.05) is 31.2 Å². The minimum atomic E-state index is -1.03.